The minimum atomic E-state index is -0.148. The van der Waals surface area contributed by atoms with E-state index in [1.54, 1.807) is 7.11 Å². The van der Waals surface area contributed by atoms with Crippen LogP contribution in [0.1, 0.15) is 47.2 Å². The van der Waals surface area contributed by atoms with Gasteiger partial charge in [0.05, 0.1) is 29.4 Å². The van der Waals surface area contributed by atoms with Crippen LogP contribution in [-0.4, -0.2) is 35.0 Å². The van der Waals surface area contributed by atoms with E-state index in [0.717, 1.165) is 17.8 Å². The lowest BCUT2D eigenvalue weighted by atomic mass is 9.96. The van der Waals surface area contributed by atoms with Crippen LogP contribution in [0.25, 0.3) is 5.69 Å². The van der Waals surface area contributed by atoms with E-state index in [0.29, 0.717) is 29.1 Å². The van der Waals surface area contributed by atoms with Crippen LogP contribution in [0.4, 0.5) is 5.69 Å². The molecule has 6 nitrogen and oxygen atoms in total. The van der Waals surface area contributed by atoms with Crippen molar-refractivity contribution < 1.29 is 9.47 Å². The van der Waals surface area contributed by atoms with Crippen molar-refractivity contribution in [3.8, 4) is 11.4 Å². The Bertz CT molecular complexity index is 1470. The smallest absolute Gasteiger partial charge is 0.174 e. The van der Waals surface area contributed by atoms with E-state index in [4.69, 9.17) is 38.3 Å². The van der Waals surface area contributed by atoms with Crippen molar-refractivity contribution in [1.29, 1.82) is 0 Å². The summed E-state index contributed by atoms with van der Waals surface area (Å²) in [6, 6.07) is 22.4. The minimum absolute atomic E-state index is 0.141. The van der Waals surface area contributed by atoms with Crippen LogP contribution in [0.5, 0.6) is 5.75 Å². The highest BCUT2D eigenvalue weighted by Crippen LogP contribution is 2.45. The molecule has 3 heterocycles. The average Bonchev–Trinajstić information content (AvgIpc) is 3.44. The topological polar surface area (TPSA) is 51.6 Å². The molecule has 0 saturated carbocycles. The lowest BCUT2D eigenvalue weighted by molar-refractivity contribution is 0.146. The maximum atomic E-state index is 6.68. The van der Waals surface area contributed by atoms with Crippen molar-refractivity contribution in [3.05, 3.63) is 106 Å². The van der Waals surface area contributed by atoms with Gasteiger partial charge in [-0.2, -0.15) is 0 Å². The van der Waals surface area contributed by atoms with Crippen LogP contribution < -0.4 is 15.0 Å². The molecule has 1 aliphatic rings. The normalized spacial score (nSPS) is 16.9. The highest BCUT2D eigenvalue weighted by molar-refractivity contribution is 7.80. The van der Waals surface area contributed by atoms with E-state index in [2.05, 4.69) is 65.9 Å². The molecule has 0 unspecified atom stereocenters. The Morgan fingerprint density at radius 1 is 1.03 bits per heavy atom. The molecule has 0 bridgehead atoms. The van der Waals surface area contributed by atoms with E-state index in [9.17, 15) is 0 Å². The fraction of sp³-hybridized carbons (Fsp3) is 0.290. The number of nitrogens with one attached hydrogen (secondary N) is 1. The quantitative estimate of drug-likeness (QED) is 0.177. The molecular formula is C31H33ClN4O2S. The monoisotopic (exact) mass is 560 g/mol. The summed E-state index contributed by atoms with van der Waals surface area (Å²) in [7, 11) is 1.64. The fourth-order valence-electron chi connectivity index (χ4n) is 5.43. The summed E-state index contributed by atoms with van der Waals surface area (Å²) in [4.78, 5) is 6.85. The van der Waals surface area contributed by atoms with Crippen LogP contribution in [-0.2, 0) is 11.2 Å². The third kappa shape index (κ3) is 5.26. The van der Waals surface area contributed by atoms with Crippen LogP contribution >= 0.6 is 23.8 Å². The zero-order chi connectivity index (χ0) is 27.5. The van der Waals surface area contributed by atoms with Crippen molar-refractivity contribution in [2.45, 2.75) is 39.3 Å². The second-order valence-electron chi connectivity index (χ2n) is 9.60. The van der Waals surface area contributed by atoms with Crippen molar-refractivity contribution in [2.24, 2.45) is 0 Å². The predicted octanol–water partition coefficient (Wildman–Crippen LogP) is 6.91. The molecule has 1 aliphatic heterocycles. The number of para-hydroxylation sites is 1. The Balaban J connectivity index is 1.62. The van der Waals surface area contributed by atoms with Gasteiger partial charge < -0.3 is 24.3 Å². The molecule has 2 aromatic carbocycles. The SMILES string of the molecule is CCc1ccccc1-n1c(C)cc([C@H]2[C@@H](c3ccccn3)NC(=S)N2c2ccc(OCCOC)c(Cl)c2)c1C. The summed E-state index contributed by atoms with van der Waals surface area (Å²) in [5.74, 6) is 0.614. The molecule has 5 rings (SSSR count). The number of benzene rings is 2. The van der Waals surface area contributed by atoms with Crippen LogP contribution in [0.3, 0.4) is 0 Å². The summed E-state index contributed by atoms with van der Waals surface area (Å²) in [6.07, 6.45) is 2.78. The van der Waals surface area contributed by atoms with Gasteiger partial charge in [0.15, 0.2) is 5.11 Å². The summed E-state index contributed by atoms with van der Waals surface area (Å²) in [5, 5.41) is 4.70. The van der Waals surface area contributed by atoms with E-state index in [1.807, 2.05) is 42.6 Å². The molecule has 2 atom stereocenters. The number of hydrogen-bond donors (Lipinski definition) is 1. The molecule has 1 N–H and O–H groups in total. The molecular weight excluding hydrogens is 528 g/mol. The van der Waals surface area contributed by atoms with Gasteiger partial charge in [-0.15, -0.1) is 0 Å². The number of rotatable bonds is 9. The zero-order valence-electron chi connectivity index (χ0n) is 22.6. The van der Waals surface area contributed by atoms with E-state index >= 15 is 0 Å². The highest BCUT2D eigenvalue weighted by atomic mass is 35.5. The van der Waals surface area contributed by atoms with Crippen LogP contribution in [0, 0.1) is 13.8 Å². The Morgan fingerprint density at radius 3 is 2.54 bits per heavy atom. The Labute approximate surface area is 240 Å². The van der Waals surface area contributed by atoms with Gasteiger partial charge in [-0.25, -0.2) is 0 Å². The fourth-order valence-corrected chi connectivity index (χ4v) is 6.00. The largest absolute Gasteiger partial charge is 0.490 e. The zero-order valence-corrected chi connectivity index (χ0v) is 24.2. The minimum Gasteiger partial charge on any atom is -0.490 e. The van der Waals surface area contributed by atoms with Gasteiger partial charge in [0, 0.05) is 36.1 Å². The van der Waals surface area contributed by atoms with Gasteiger partial charge in [0.1, 0.15) is 12.4 Å². The summed E-state index contributed by atoms with van der Waals surface area (Å²) in [6.45, 7) is 7.45. The number of anilines is 1. The van der Waals surface area contributed by atoms with Crippen LogP contribution in [0.2, 0.25) is 5.02 Å². The summed E-state index contributed by atoms with van der Waals surface area (Å²) >= 11 is 12.6. The van der Waals surface area contributed by atoms with Gasteiger partial charge in [-0.3, -0.25) is 4.98 Å². The molecule has 39 heavy (non-hydrogen) atoms. The molecule has 0 amide bonds. The first-order valence-electron chi connectivity index (χ1n) is 13.1. The number of thiocarbonyl (C=S) groups is 1. The first-order valence-corrected chi connectivity index (χ1v) is 13.9. The predicted molar refractivity (Wildman–Crippen MR) is 161 cm³/mol. The number of halogens is 1. The number of methoxy groups -OCH3 is 1. The van der Waals surface area contributed by atoms with Gasteiger partial charge in [-0.1, -0.05) is 42.8 Å². The Hall–Kier alpha value is -3.39. The number of ether oxygens (including phenoxy) is 2. The number of pyridine rings is 1. The standard InChI is InChI=1S/C31H33ClN4O2S/c1-5-22-10-6-7-12-27(22)35-20(2)18-24(21(35)3)30-29(26-11-8-9-15-33-26)34-31(39)36(30)23-13-14-28(25(32)19-23)38-17-16-37-4/h6-15,18-19,29-30H,5,16-17H2,1-4H3,(H,34,39)/t29-,30+/m1/s1. The van der Waals surface area contributed by atoms with E-state index in [-0.39, 0.29) is 12.1 Å². The summed E-state index contributed by atoms with van der Waals surface area (Å²) < 4.78 is 13.2. The molecule has 8 heteroatoms. The van der Waals surface area contributed by atoms with Crippen molar-refractivity contribution in [3.63, 3.8) is 0 Å². The number of nitrogens with zero attached hydrogens (tertiary/aromatic N) is 3. The molecule has 0 radical (unpaired) electrons. The first-order chi connectivity index (χ1) is 18.9. The second kappa shape index (κ2) is 11.8. The number of hydrogen-bond acceptors (Lipinski definition) is 4. The van der Waals surface area contributed by atoms with Crippen molar-refractivity contribution in [1.82, 2.24) is 14.9 Å². The number of aromatic nitrogens is 2. The Morgan fingerprint density at radius 2 is 1.82 bits per heavy atom. The third-order valence-corrected chi connectivity index (χ3v) is 7.85. The second-order valence-corrected chi connectivity index (χ2v) is 10.4. The van der Waals surface area contributed by atoms with Crippen molar-refractivity contribution >= 4 is 34.6 Å². The van der Waals surface area contributed by atoms with Gasteiger partial charge >= 0.3 is 0 Å². The maximum Gasteiger partial charge on any atom is 0.174 e. The molecule has 4 aromatic rings. The molecule has 1 saturated heterocycles. The average molecular weight is 561 g/mol. The number of aryl methyl sites for hydroxylation is 2. The lowest BCUT2D eigenvalue weighted by Crippen LogP contribution is -2.29. The molecule has 2 aromatic heterocycles. The first kappa shape index (κ1) is 27.2. The third-order valence-electron chi connectivity index (χ3n) is 7.24. The molecule has 1 fully saturated rings. The van der Waals surface area contributed by atoms with Gasteiger partial charge in [-0.05, 0) is 86.1 Å². The highest BCUT2D eigenvalue weighted by Gasteiger charge is 2.42. The van der Waals surface area contributed by atoms with Crippen molar-refractivity contribution in [2.75, 3.05) is 25.2 Å². The van der Waals surface area contributed by atoms with E-state index in [1.165, 1.54) is 28.2 Å². The molecule has 0 aliphatic carbocycles. The lowest BCUT2D eigenvalue weighted by Gasteiger charge is -2.28. The molecule has 0 spiro atoms. The van der Waals surface area contributed by atoms with Gasteiger partial charge in [0.2, 0.25) is 0 Å². The summed E-state index contributed by atoms with van der Waals surface area (Å²) in [5.41, 5.74) is 7.84. The maximum absolute atomic E-state index is 6.68. The van der Waals surface area contributed by atoms with Crippen LogP contribution in [0.15, 0.2) is 72.9 Å². The van der Waals surface area contributed by atoms with E-state index < -0.39 is 0 Å². The Kier molecular flexibility index (Phi) is 8.21. The molecule has 202 valence electrons. The van der Waals surface area contributed by atoms with Gasteiger partial charge in [0.25, 0.3) is 0 Å².